The standard InChI is InChI=1S/C25H23Cl3N4O4S/c1-15-5-8-23(30-29-15)31-13-21(28)20-12-18(6-7-22(20)31)32(14-24(33)36-25(2,3)4)37(34,35)19-10-16(26)9-17(27)11-19/h5-13H,14H2,1-4H3. The third-order valence-electron chi connectivity index (χ3n) is 5.17. The third-order valence-corrected chi connectivity index (χ3v) is 7.66. The Bertz CT molecular complexity index is 1580. The molecule has 0 aliphatic carbocycles. The van der Waals surface area contributed by atoms with Gasteiger partial charge in [-0.15, -0.1) is 5.10 Å². The molecule has 12 heteroatoms. The van der Waals surface area contributed by atoms with Gasteiger partial charge in [-0.05, 0) is 76.2 Å². The number of hydrogen-bond acceptors (Lipinski definition) is 6. The maximum atomic E-state index is 13.8. The average Bonchev–Trinajstić information content (AvgIpc) is 3.12. The number of fused-ring (bicyclic) bond motifs is 1. The summed E-state index contributed by atoms with van der Waals surface area (Å²) in [4.78, 5) is 12.6. The van der Waals surface area contributed by atoms with Crippen LogP contribution in [0.2, 0.25) is 15.1 Å². The van der Waals surface area contributed by atoms with E-state index in [1.807, 2.05) is 13.0 Å². The molecule has 194 valence electrons. The monoisotopic (exact) mass is 580 g/mol. The molecule has 0 unspecified atom stereocenters. The molecule has 0 spiro atoms. The van der Waals surface area contributed by atoms with Gasteiger partial charge in [0.25, 0.3) is 10.0 Å². The van der Waals surface area contributed by atoms with Crippen LogP contribution < -0.4 is 4.31 Å². The number of halogens is 3. The van der Waals surface area contributed by atoms with E-state index in [4.69, 9.17) is 39.5 Å². The molecule has 8 nitrogen and oxygen atoms in total. The van der Waals surface area contributed by atoms with E-state index in [0.29, 0.717) is 21.7 Å². The Kier molecular flexibility index (Phi) is 7.45. The summed E-state index contributed by atoms with van der Waals surface area (Å²) in [5.41, 5.74) is 0.819. The van der Waals surface area contributed by atoms with Gasteiger partial charge in [-0.2, -0.15) is 5.10 Å². The third kappa shape index (κ3) is 6.01. The van der Waals surface area contributed by atoms with Crippen LogP contribution in [0.5, 0.6) is 0 Å². The van der Waals surface area contributed by atoms with Gasteiger partial charge in [-0.25, -0.2) is 8.42 Å². The summed E-state index contributed by atoms with van der Waals surface area (Å²) < 4.78 is 35.6. The van der Waals surface area contributed by atoms with Crippen LogP contribution in [0.1, 0.15) is 26.5 Å². The second kappa shape index (κ2) is 10.1. The molecule has 0 saturated carbocycles. The molecule has 0 aliphatic rings. The second-order valence-electron chi connectivity index (χ2n) is 9.28. The summed E-state index contributed by atoms with van der Waals surface area (Å²) in [6, 6.07) is 12.4. The zero-order valence-corrected chi connectivity index (χ0v) is 23.5. The van der Waals surface area contributed by atoms with Crippen LogP contribution in [0.15, 0.2) is 59.6 Å². The quantitative estimate of drug-likeness (QED) is 0.251. The maximum Gasteiger partial charge on any atom is 0.327 e. The molecule has 0 saturated heterocycles. The lowest BCUT2D eigenvalue weighted by atomic mass is 10.2. The Morgan fingerprint density at radius 2 is 1.68 bits per heavy atom. The predicted molar refractivity (Wildman–Crippen MR) is 145 cm³/mol. The lowest BCUT2D eigenvalue weighted by molar-refractivity contribution is -0.152. The zero-order valence-electron chi connectivity index (χ0n) is 20.4. The van der Waals surface area contributed by atoms with Crippen LogP contribution in [0, 0.1) is 6.92 Å². The first-order chi connectivity index (χ1) is 17.2. The first kappa shape index (κ1) is 27.2. The molecule has 0 amide bonds. The van der Waals surface area contributed by atoms with Crippen molar-refractivity contribution in [2.24, 2.45) is 0 Å². The molecule has 37 heavy (non-hydrogen) atoms. The van der Waals surface area contributed by atoms with Gasteiger partial charge >= 0.3 is 5.97 Å². The smallest absolute Gasteiger partial charge is 0.327 e. The Morgan fingerprint density at radius 1 is 1.00 bits per heavy atom. The summed E-state index contributed by atoms with van der Waals surface area (Å²) in [7, 11) is -4.29. The molecule has 2 aromatic heterocycles. The molecule has 0 atom stereocenters. The highest BCUT2D eigenvalue weighted by molar-refractivity contribution is 7.92. The van der Waals surface area contributed by atoms with Crippen molar-refractivity contribution in [2.45, 2.75) is 38.2 Å². The number of anilines is 1. The number of aryl methyl sites for hydroxylation is 1. The van der Waals surface area contributed by atoms with Crippen LogP contribution in [0.3, 0.4) is 0 Å². The van der Waals surface area contributed by atoms with Crippen molar-refractivity contribution in [1.29, 1.82) is 0 Å². The van der Waals surface area contributed by atoms with Gasteiger partial charge in [0, 0.05) is 21.6 Å². The molecular weight excluding hydrogens is 559 g/mol. The summed E-state index contributed by atoms with van der Waals surface area (Å²) in [6.45, 7) is 6.34. The highest BCUT2D eigenvalue weighted by Crippen LogP contribution is 2.34. The van der Waals surface area contributed by atoms with Crippen LogP contribution in [0.4, 0.5) is 5.69 Å². The normalized spacial score (nSPS) is 12.1. The van der Waals surface area contributed by atoms with Crippen molar-refractivity contribution in [1.82, 2.24) is 14.8 Å². The number of carbonyl (C=O) groups excluding carboxylic acids is 1. The number of carbonyl (C=O) groups is 1. The number of hydrogen-bond donors (Lipinski definition) is 0. The van der Waals surface area contributed by atoms with E-state index in [2.05, 4.69) is 10.2 Å². The molecule has 0 N–H and O–H groups in total. The fourth-order valence-electron chi connectivity index (χ4n) is 3.65. The Hall–Kier alpha value is -2.85. The zero-order chi connectivity index (χ0) is 27.1. The van der Waals surface area contributed by atoms with Gasteiger partial charge in [0.2, 0.25) is 0 Å². The van der Waals surface area contributed by atoms with E-state index in [1.165, 1.54) is 18.2 Å². The summed E-state index contributed by atoms with van der Waals surface area (Å²) in [5, 5.41) is 9.47. The van der Waals surface area contributed by atoms with E-state index < -0.39 is 28.1 Å². The number of ether oxygens (including phenoxy) is 1. The summed E-state index contributed by atoms with van der Waals surface area (Å²) in [5.74, 6) is -0.190. The SMILES string of the molecule is Cc1ccc(-n2cc(Cl)c3cc(N(CC(=O)OC(C)(C)C)S(=O)(=O)c4cc(Cl)cc(Cl)c4)ccc32)nn1. The number of benzene rings is 2. The van der Waals surface area contributed by atoms with E-state index in [-0.39, 0.29) is 20.6 Å². The van der Waals surface area contributed by atoms with Crippen LogP contribution in [-0.4, -0.2) is 41.3 Å². The molecule has 4 rings (SSSR count). The van der Waals surface area contributed by atoms with Gasteiger partial charge in [0.15, 0.2) is 5.82 Å². The largest absolute Gasteiger partial charge is 0.459 e. The number of rotatable bonds is 6. The summed E-state index contributed by atoms with van der Waals surface area (Å²) in [6.07, 6.45) is 1.67. The van der Waals surface area contributed by atoms with E-state index in [1.54, 1.807) is 55.8 Å². The number of nitrogens with zero attached hydrogens (tertiary/aromatic N) is 4. The van der Waals surface area contributed by atoms with Gasteiger partial charge < -0.3 is 4.74 Å². The Balaban J connectivity index is 1.84. The van der Waals surface area contributed by atoms with E-state index >= 15 is 0 Å². The van der Waals surface area contributed by atoms with Crippen molar-refractivity contribution in [3.63, 3.8) is 0 Å². The molecule has 0 fully saturated rings. The second-order valence-corrected chi connectivity index (χ2v) is 12.4. The van der Waals surface area contributed by atoms with Gasteiger partial charge in [0.05, 0.1) is 26.8 Å². The molecule has 0 radical (unpaired) electrons. The Labute approximate surface area is 229 Å². The molecule has 2 aromatic carbocycles. The molecular formula is C25H23Cl3N4O4S. The van der Waals surface area contributed by atoms with Crippen LogP contribution in [-0.2, 0) is 19.6 Å². The van der Waals surface area contributed by atoms with Crippen molar-refractivity contribution >= 4 is 67.4 Å². The number of esters is 1. The summed E-state index contributed by atoms with van der Waals surface area (Å²) >= 11 is 18.7. The fraction of sp³-hybridized carbons (Fsp3) is 0.240. The van der Waals surface area contributed by atoms with E-state index in [9.17, 15) is 13.2 Å². The van der Waals surface area contributed by atoms with Crippen molar-refractivity contribution in [2.75, 3.05) is 10.8 Å². The maximum absolute atomic E-state index is 13.8. The number of aromatic nitrogens is 3. The van der Waals surface area contributed by atoms with Crippen molar-refractivity contribution in [3.05, 3.63) is 75.5 Å². The minimum atomic E-state index is -4.29. The minimum absolute atomic E-state index is 0.137. The van der Waals surface area contributed by atoms with Gasteiger partial charge in [-0.3, -0.25) is 13.7 Å². The molecule has 4 aromatic rings. The molecule has 2 heterocycles. The lowest BCUT2D eigenvalue weighted by Crippen LogP contribution is -2.39. The minimum Gasteiger partial charge on any atom is -0.459 e. The molecule has 0 aliphatic heterocycles. The van der Waals surface area contributed by atoms with Crippen molar-refractivity contribution in [3.8, 4) is 5.82 Å². The fourth-order valence-corrected chi connectivity index (χ4v) is 6.03. The lowest BCUT2D eigenvalue weighted by Gasteiger charge is -2.26. The molecule has 0 bridgehead atoms. The van der Waals surface area contributed by atoms with Gasteiger partial charge in [-0.1, -0.05) is 34.8 Å². The van der Waals surface area contributed by atoms with Crippen molar-refractivity contribution < 1.29 is 17.9 Å². The highest BCUT2D eigenvalue weighted by atomic mass is 35.5. The first-order valence-electron chi connectivity index (χ1n) is 11.1. The highest BCUT2D eigenvalue weighted by Gasteiger charge is 2.30. The topological polar surface area (TPSA) is 94.4 Å². The average molecular weight is 582 g/mol. The number of sulfonamides is 1. The predicted octanol–water partition coefficient (Wildman–Crippen LogP) is 6.23. The van der Waals surface area contributed by atoms with Crippen LogP contribution in [0.25, 0.3) is 16.7 Å². The first-order valence-corrected chi connectivity index (χ1v) is 13.6. The van der Waals surface area contributed by atoms with Crippen LogP contribution >= 0.6 is 34.8 Å². The van der Waals surface area contributed by atoms with E-state index in [0.717, 1.165) is 10.00 Å². The Morgan fingerprint density at radius 3 is 2.27 bits per heavy atom. The van der Waals surface area contributed by atoms with Gasteiger partial charge in [0.1, 0.15) is 12.1 Å².